The molecular formula is C19H21BrClN5O. The number of nitrogens with one attached hydrogen (secondary N) is 2. The molecule has 0 bridgehead atoms. The molecule has 1 aromatic carbocycles. The number of ether oxygens (including phenoxy) is 1. The Labute approximate surface area is 172 Å². The molecule has 0 aliphatic carbocycles. The second-order valence-electron chi connectivity index (χ2n) is 5.66. The molecule has 0 radical (unpaired) electrons. The van der Waals surface area contributed by atoms with Gasteiger partial charge in [-0.2, -0.15) is 5.26 Å². The minimum atomic E-state index is 0.426. The molecule has 0 saturated carbocycles. The van der Waals surface area contributed by atoms with Gasteiger partial charge in [-0.25, -0.2) is 0 Å². The summed E-state index contributed by atoms with van der Waals surface area (Å²) in [6, 6.07) is 9.18. The number of nitriles is 1. The highest BCUT2D eigenvalue weighted by molar-refractivity contribution is 9.10. The molecule has 0 spiro atoms. The number of halogens is 2. The van der Waals surface area contributed by atoms with E-state index in [0.717, 1.165) is 41.6 Å². The second-order valence-corrected chi connectivity index (χ2v) is 6.96. The maximum absolute atomic E-state index is 8.87. The van der Waals surface area contributed by atoms with Crippen LogP contribution in [0, 0.1) is 11.5 Å². The summed E-state index contributed by atoms with van der Waals surface area (Å²) in [5.74, 6) is 1.26. The maximum Gasteiger partial charge on any atom is 0.209 e. The number of rotatable bonds is 9. The highest BCUT2D eigenvalue weighted by Gasteiger charge is 2.03. The molecule has 2 aromatic rings. The first-order valence-electron chi connectivity index (χ1n) is 8.63. The number of hydrogen-bond acceptors (Lipinski definition) is 4. The van der Waals surface area contributed by atoms with E-state index < -0.39 is 0 Å². The van der Waals surface area contributed by atoms with Crippen LogP contribution in [-0.4, -0.2) is 24.1 Å². The first-order chi connectivity index (χ1) is 13.2. The molecular weight excluding hydrogens is 430 g/mol. The quantitative estimate of drug-likeness (QED) is 0.185. The number of hydrogen-bond donors (Lipinski definition) is 2. The lowest BCUT2D eigenvalue weighted by Crippen LogP contribution is -2.27. The van der Waals surface area contributed by atoms with Crippen LogP contribution in [0.15, 0.2) is 52.2 Å². The molecule has 0 amide bonds. The molecule has 8 heteroatoms. The van der Waals surface area contributed by atoms with Crippen LogP contribution in [0.5, 0.6) is 5.75 Å². The van der Waals surface area contributed by atoms with Gasteiger partial charge in [0.05, 0.1) is 16.8 Å². The van der Waals surface area contributed by atoms with Crippen molar-refractivity contribution in [1.82, 2.24) is 10.3 Å². The van der Waals surface area contributed by atoms with Gasteiger partial charge in [-0.05, 0) is 65.5 Å². The molecule has 0 fully saturated rings. The zero-order chi connectivity index (χ0) is 19.3. The van der Waals surface area contributed by atoms with Gasteiger partial charge in [-0.15, -0.1) is 0 Å². The average Bonchev–Trinajstić information content (AvgIpc) is 2.67. The first-order valence-corrected chi connectivity index (χ1v) is 9.80. The lowest BCUT2D eigenvalue weighted by atomic mass is 10.2. The minimum Gasteiger partial charge on any atom is -0.494 e. The molecule has 0 atom stereocenters. The molecule has 6 nitrogen and oxygen atoms in total. The summed E-state index contributed by atoms with van der Waals surface area (Å²) in [7, 11) is 0. The molecule has 0 unspecified atom stereocenters. The molecule has 142 valence electrons. The third kappa shape index (κ3) is 8.29. The van der Waals surface area contributed by atoms with E-state index in [0.29, 0.717) is 24.1 Å². The second kappa shape index (κ2) is 12.2. The molecule has 1 aromatic heterocycles. The number of unbranched alkanes of at least 4 members (excludes halogenated alkanes) is 3. The molecule has 0 aliphatic rings. The van der Waals surface area contributed by atoms with E-state index in [9.17, 15) is 0 Å². The molecule has 1 heterocycles. The van der Waals surface area contributed by atoms with Gasteiger partial charge >= 0.3 is 0 Å². The lowest BCUT2D eigenvalue weighted by Gasteiger charge is -2.09. The van der Waals surface area contributed by atoms with Gasteiger partial charge in [0.15, 0.2) is 6.19 Å². The molecule has 0 saturated heterocycles. The molecule has 0 aliphatic heterocycles. The van der Waals surface area contributed by atoms with Crippen molar-refractivity contribution in [1.29, 1.82) is 5.26 Å². The minimum absolute atomic E-state index is 0.426. The SMILES string of the molecule is N#CNC(=NCCCCCCOc1ccc(Cl)cc1)Nc1ccncc1Br. The molecule has 2 N–H and O–H groups in total. The summed E-state index contributed by atoms with van der Waals surface area (Å²) in [5, 5.41) is 15.2. The summed E-state index contributed by atoms with van der Waals surface area (Å²) in [6.45, 7) is 1.32. The fraction of sp³-hybridized carbons (Fsp3) is 0.316. The van der Waals surface area contributed by atoms with Crippen molar-refractivity contribution in [2.45, 2.75) is 25.7 Å². The van der Waals surface area contributed by atoms with Crippen LogP contribution < -0.4 is 15.4 Å². The molecule has 27 heavy (non-hydrogen) atoms. The smallest absolute Gasteiger partial charge is 0.209 e. The zero-order valence-corrected chi connectivity index (χ0v) is 17.1. The Morgan fingerprint density at radius 3 is 2.70 bits per heavy atom. The van der Waals surface area contributed by atoms with Gasteiger partial charge in [0, 0.05) is 24.0 Å². The van der Waals surface area contributed by atoms with Gasteiger partial charge in [-0.1, -0.05) is 18.0 Å². The monoisotopic (exact) mass is 449 g/mol. The van der Waals surface area contributed by atoms with Gasteiger partial charge in [0.2, 0.25) is 5.96 Å². The van der Waals surface area contributed by atoms with Crippen LogP contribution in [0.3, 0.4) is 0 Å². The van der Waals surface area contributed by atoms with E-state index >= 15 is 0 Å². The van der Waals surface area contributed by atoms with Crippen molar-refractivity contribution >= 4 is 39.2 Å². The van der Waals surface area contributed by atoms with E-state index in [1.54, 1.807) is 18.5 Å². The lowest BCUT2D eigenvalue weighted by molar-refractivity contribution is 0.305. The largest absolute Gasteiger partial charge is 0.494 e. The van der Waals surface area contributed by atoms with Crippen molar-refractivity contribution < 1.29 is 4.74 Å². The van der Waals surface area contributed by atoms with Crippen LogP contribution in [0.2, 0.25) is 5.02 Å². The van der Waals surface area contributed by atoms with Crippen LogP contribution in [0.25, 0.3) is 0 Å². The Balaban J connectivity index is 1.63. The number of benzene rings is 1. The maximum atomic E-state index is 8.87. The third-order valence-electron chi connectivity index (χ3n) is 3.60. The summed E-state index contributed by atoms with van der Waals surface area (Å²) in [6.07, 6.45) is 9.28. The van der Waals surface area contributed by atoms with Crippen LogP contribution >= 0.6 is 27.5 Å². The number of anilines is 1. The number of pyridine rings is 1. The van der Waals surface area contributed by atoms with Crippen LogP contribution in [0.4, 0.5) is 5.69 Å². The Bertz CT molecular complexity index is 776. The first kappa shape index (κ1) is 21.0. The zero-order valence-electron chi connectivity index (χ0n) is 14.8. The normalized spacial score (nSPS) is 10.9. The fourth-order valence-corrected chi connectivity index (χ4v) is 2.72. The van der Waals surface area contributed by atoms with Crippen molar-refractivity contribution in [3.8, 4) is 11.9 Å². The van der Waals surface area contributed by atoms with Crippen molar-refractivity contribution in [2.75, 3.05) is 18.5 Å². The predicted octanol–water partition coefficient (Wildman–Crippen LogP) is 4.98. The van der Waals surface area contributed by atoms with Gasteiger partial charge in [0.1, 0.15) is 5.75 Å². The number of aromatic nitrogens is 1. The van der Waals surface area contributed by atoms with E-state index in [1.807, 2.05) is 30.5 Å². The Hall–Kier alpha value is -2.30. The Kier molecular flexibility index (Phi) is 9.45. The van der Waals surface area contributed by atoms with Crippen molar-refractivity contribution in [3.05, 3.63) is 52.2 Å². The fourth-order valence-electron chi connectivity index (χ4n) is 2.25. The number of guanidine groups is 1. The average molecular weight is 451 g/mol. The summed E-state index contributed by atoms with van der Waals surface area (Å²) in [4.78, 5) is 8.41. The Morgan fingerprint density at radius 2 is 1.96 bits per heavy atom. The van der Waals surface area contributed by atoms with E-state index in [2.05, 4.69) is 36.5 Å². The van der Waals surface area contributed by atoms with Gasteiger partial charge in [-0.3, -0.25) is 15.3 Å². The number of aliphatic imine (C=N–C) groups is 1. The summed E-state index contributed by atoms with van der Waals surface area (Å²) >= 11 is 9.25. The predicted molar refractivity (Wildman–Crippen MR) is 112 cm³/mol. The van der Waals surface area contributed by atoms with Crippen molar-refractivity contribution in [2.24, 2.45) is 4.99 Å². The number of nitrogens with zero attached hydrogens (tertiary/aromatic N) is 3. The summed E-state index contributed by atoms with van der Waals surface area (Å²) < 4.78 is 6.47. The van der Waals surface area contributed by atoms with E-state index in [4.69, 9.17) is 21.6 Å². The highest BCUT2D eigenvalue weighted by atomic mass is 79.9. The van der Waals surface area contributed by atoms with Crippen molar-refractivity contribution in [3.63, 3.8) is 0 Å². The molecule has 2 rings (SSSR count). The van der Waals surface area contributed by atoms with Crippen LogP contribution in [0.1, 0.15) is 25.7 Å². The summed E-state index contributed by atoms with van der Waals surface area (Å²) in [5.41, 5.74) is 0.797. The van der Waals surface area contributed by atoms with E-state index in [1.165, 1.54) is 0 Å². The topological polar surface area (TPSA) is 82.3 Å². The van der Waals surface area contributed by atoms with Crippen LogP contribution in [-0.2, 0) is 0 Å². The van der Waals surface area contributed by atoms with Gasteiger partial charge < -0.3 is 10.1 Å². The Morgan fingerprint density at radius 1 is 1.19 bits per heavy atom. The standard InChI is InChI=1S/C19H21BrClN5O/c20-17-13-23-11-9-18(17)26-19(25-14-22)24-10-3-1-2-4-12-27-16-7-5-15(21)6-8-16/h5-9,11,13H,1-4,10,12H2,(H2,23,24,25,26). The van der Waals surface area contributed by atoms with Gasteiger partial charge in [0.25, 0.3) is 0 Å². The highest BCUT2D eigenvalue weighted by Crippen LogP contribution is 2.19. The van der Waals surface area contributed by atoms with E-state index in [-0.39, 0.29) is 0 Å². The third-order valence-corrected chi connectivity index (χ3v) is 4.49.